The Kier molecular flexibility index (Phi) is 3.97. The van der Waals surface area contributed by atoms with Gasteiger partial charge in [0.05, 0.1) is 0 Å². The lowest BCUT2D eigenvalue weighted by Gasteiger charge is -2.21. The first-order valence-electron chi connectivity index (χ1n) is 6.26. The van der Waals surface area contributed by atoms with Crippen molar-refractivity contribution < 1.29 is 0 Å². The second-order valence-electron chi connectivity index (χ2n) is 5.08. The molecule has 1 aliphatic heterocycles. The summed E-state index contributed by atoms with van der Waals surface area (Å²) in [5.41, 5.74) is 0. The maximum Gasteiger partial charge on any atom is 0.0285 e. The van der Waals surface area contributed by atoms with Crippen LogP contribution in [0.25, 0.3) is 0 Å². The molecule has 3 heteroatoms. The first kappa shape index (κ1) is 11.7. The topological polar surface area (TPSA) is 15.3 Å². The second kappa shape index (κ2) is 5.07. The lowest BCUT2D eigenvalue weighted by Crippen LogP contribution is -2.31. The lowest BCUT2D eigenvalue weighted by atomic mass is 10.1. The van der Waals surface area contributed by atoms with Crippen LogP contribution in [0.3, 0.4) is 0 Å². The van der Waals surface area contributed by atoms with Crippen molar-refractivity contribution in [2.45, 2.75) is 30.9 Å². The molecule has 1 atom stereocenters. The van der Waals surface area contributed by atoms with Crippen molar-refractivity contribution in [1.82, 2.24) is 10.2 Å². The zero-order chi connectivity index (χ0) is 10.7. The van der Waals surface area contributed by atoms with Crippen LogP contribution in [0, 0.1) is 5.92 Å². The van der Waals surface area contributed by atoms with E-state index in [0.29, 0.717) is 4.75 Å². The van der Waals surface area contributed by atoms with E-state index in [1.807, 2.05) is 0 Å². The molecule has 2 nitrogen and oxygen atoms in total. The Balaban J connectivity index is 1.68. The van der Waals surface area contributed by atoms with Crippen LogP contribution in [0.1, 0.15) is 26.2 Å². The molecule has 0 bridgehead atoms. The summed E-state index contributed by atoms with van der Waals surface area (Å²) in [5, 5.41) is 3.47. The van der Waals surface area contributed by atoms with Gasteiger partial charge < -0.3 is 10.2 Å². The molecule has 0 spiro atoms. The molecule has 2 rings (SSSR count). The molecule has 0 aromatic carbocycles. The van der Waals surface area contributed by atoms with E-state index in [-0.39, 0.29) is 0 Å². The van der Waals surface area contributed by atoms with Crippen LogP contribution in [0.5, 0.6) is 0 Å². The monoisotopic (exact) mass is 228 g/mol. The fourth-order valence-corrected chi connectivity index (χ4v) is 3.37. The Hall–Kier alpha value is 0.270. The van der Waals surface area contributed by atoms with Gasteiger partial charge in [-0.05, 0) is 51.1 Å². The Morgan fingerprint density at radius 3 is 2.87 bits per heavy atom. The third kappa shape index (κ3) is 3.11. The second-order valence-corrected chi connectivity index (χ2v) is 6.36. The summed E-state index contributed by atoms with van der Waals surface area (Å²) >= 11 is 2.09. The number of nitrogens with zero attached hydrogens (tertiary/aromatic N) is 1. The van der Waals surface area contributed by atoms with Crippen molar-refractivity contribution in [2.75, 3.05) is 39.0 Å². The van der Waals surface area contributed by atoms with Crippen molar-refractivity contribution in [2.24, 2.45) is 5.92 Å². The van der Waals surface area contributed by atoms with Crippen molar-refractivity contribution >= 4 is 11.8 Å². The van der Waals surface area contributed by atoms with Crippen LogP contribution >= 0.6 is 11.8 Å². The Morgan fingerprint density at radius 1 is 1.47 bits per heavy atom. The average molecular weight is 228 g/mol. The van der Waals surface area contributed by atoms with Gasteiger partial charge in [0, 0.05) is 17.8 Å². The van der Waals surface area contributed by atoms with Crippen molar-refractivity contribution in [3.63, 3.8) is 0 Å². The van der Waals surface area contributed by atoms with Crippen LogP contribution in [-0.4, -0.2) is 48.6 Å². The summed E-state index contributed by atoms with van der Waals surface area (Å²) in [4.78, 5) is 2.69. The van der Waals surface area contributed by atoms with Gasteiger partial charge in [-0.25, -0.2) is 0 Å². The van der Waals surface area contributed by atoms with E-state index in [1.165, 1.54) is 45.4 Å². The maximum atomic E-state index is 3.47. The fourth-order valence-electron chi connectivity index (χ4n) is 2.55. The summed E-state index contributed by atoms with van der Waals surface area (Å²) in [6, 6.07) is 0. The molecule has 88 valence electrons. The normalized spacial score (nSPS) is 29.6. The van der Waals surface area contributed by atoms with Gasteiger partial charge in [0.25, 0.3) is 0 Å². The molecule has 1 unspecified atom stereocenters. The third-order valence-electron chi connectivity index (χ3n) is 3.81. The number of hydrogen-bond donors (Lipinski definition) is 1. The highest BCUT2D eigenvalue weighted by Gasteiger charge is 2.44. The summed E-state index contributed by atoms with van der Waals surface area (Å²) in [7, 11) is 0. The van der Waals surface area contributed by atoms with E-state index in [4.69, 9.17) is 0 Å². The number of nitrogens with one attached hydrogen (secondary N) is 1. The fraction of sp³-hybridized carbons (Fsp3) is 1.00. The third-order valence-corrected chi connectivity index (χ3v) is 5.21. The Labute approximate surface area is 98.2 Å². The van der Waals surface area contributed by atoms with E-state index < -0.39 is 0 Å². The number of thioether (sulfide) groups is 1. The van der Waals surface area contributed by atoms with Gasteiger partial charge in [0.15, 0.2) is 0 Å². The van der Waals surface area contributed by atoms with Crippen LogP contribution in [0.4, 0.5) is 0 Å². The van der Waals surface area contributed by atoms with E-state index in [9.17, 15) is 0 Å². The Morgan fingerprint density at radius 2 is 2.27 bits per heavy atom. The SMILES string of the molecule is CCNCC1CCN(CC2(SC)CC2)C1. The molecule has 2 aliphatic rings. The van der Waals surface area contributed by atoms with Crippen molar-refractivity contribution in [1.29, 1.82) is 0 Å². The molecular formula is C12H24N2S. The van der Waals surface area contributed by atoms with Crippen molar-refractivity contribution in [3.05, 3.63) is 0 Å². The largest absolute Gasteiger partial charge is 0.317 e. The molecule has 1 saturated heterocycles. The van der Waals surface area contributed by atoms with Crippen molar-refractivity contribution in [3.8, 4) is 0 Å². The first-order valence-corrected chi connectivity index (χ1v) is 7.49. The molecule has 1 heterocycles. The highest BCUT2D eigenvalue weighted by atomic mass is 32.2. The zero-order valence-corrected chi connectivity index (χ0v) is 10.9. The van der Waals surface area contributed by atoms with Crippen LogP contribution in [-0.2, 0) is 0 Å². The van der Waals surface area contributed by atoms with Gasteiger partial charge in [-0.15, -0.1) is 0 Å². The predicted octanol–water partition coefficient (Wildman–Crippen LogP) is 1.81. The lowest BCUT2D eigenvalue weighted by molar-refractivity contribution is 0.318. The molecule has 2 fully saturated rings. The van der Waals surface area contributed by atoms with Gasteiger partial charge in [0.2, 0.25) is 0 Å². The minimum absolute atomic E-state index is 0.660. The first-order chi connectivity index (χ1) is 7.28. The van der Waals surface area contributed by atoms with E-state index in [2.05, 4.69) is 35.2 Å². The van der Waals surface area contributed by atoms with E-state index in [0.717, 1.165) is 12.5 Å². The summed E-state index contributed by atoms with van der Waals surface area (Å²) < 4.78 is 0.660. The molecule has 0 amide bonds. The predicted molar refractivity (Wildman–Crippen MR) is 68.6 cm³/mol. The summed E-state index contributed by atoms with van der Waals surface area (Å²) in [6.45, 7) is 8.54. The molecular weight excluding hydrogens is 204 g/mol. The average Bonchev–Trinajstić information content (AvgIpc) is 2.88. The summed E-state index contributed by atoms with van der Waals surface area (Å²) in [5.74, 6) is 0.905. The molecule has 1 saturated carbocycles. The minimum Gasteiger partial charge on any atom is -0.317 e. The molecule has 1 N–H and O–H groups in total. The zero-order valence-electron chi connectivity index (χ0n) is 10.1. The maximum absolute atomic E-state index is 3.47. The molecule has 0 radical (unpaired) electrons. The standard InChI is InChI=1S/C12H24N2S/c1-3-13-8-11-4-7-14(9-11)10-12(15-2)5-6-12/h11,13H,3-10H2,1-2H3. The van der Waals surface area contributed by atoms with Gasteiger partial charge >= 0.3 is 0 Å². The molecule has 0 aromatic heterocycles. The highest BCUT2D eigenvalue weighted by Crippen LogP contribution is 2.48. The highest BCUT2D eigenvalue weighted by molar-refractivity contribution is 8.00. The molecule has 0 aromatic rings. The van der Waals surface area contributed by atoms with E-state index >= 15 is 0 Å². The molecule has 15 heavy (non-hydrogen) atoms. The van der Waals surface area contributed by atoms with Gasteiger partial charge in [0.1, 0.15) is 0 Å². The smallest absolute Gasteiger partial charge is 0.0285 e. The van der Waals surface area contributed by atoms with Gasteiger partial charge in [-0.2, -0.15) is 11.8 Å². The van der Waals surface area contributed by atoms with Crippen LogP contribution in [0.15, 0.2) is 0 Å². The number of rotatable bonds is 6. The number of hydrogen-bond acceptors (Lipinski definition) is 3. The molecule has 1 aliphatic carbocycles. The quantitative estimate of drug-likeness (QED) is 0.746. The Bertz CT molecular complexity index is 204. The van der Waals surface area contributed by atoms with E-state index in [1.54, 1.807) is 0 Å². The van der Waals surface area contributed by atoms with Crippen LogP contribution < -0.4 is 5.32 Å². The van der Waals surface area contributed by atoms with Crippen LogP contribution in [0.2, 0.25) is 0 Å². The summed E-state index contributed by atoms with van der Waals surface area (Å²) in [6.07, 6.45) is 6.57. The van der Waals surface area contributed by atoms with Gasteiger partial charge in [-0.1, -0.05) is 6.92 Å². The minimum atomic E-state index is 0.660. The van der Waals surface area contributed by atoms with Gasteiger partial charge in [-0.3, -0.25) is 0 Å². The number of likely N-dealkylation sites (tertiary alicyclic amines) is 1.